The second-order valence-corrected chi connectivity index (χ2v) is 4.50. The number of hydrogen-bond acceptors (Lipinski definition) is 4. The minimum absolute atomic E-state index is 0.0809. The molecule has 1 heterocycles. The van der Waals surface area contributed by atoms with Gasteiger partial charge in [-0.2, -0.15) is 4.68 Å². The lowest BCUT2D eigenvalue weighted by molar-refractivity contribution is 0.0887. The predicted molar refractivity (Wildman–Crippen MR) is 72.0 cm³/mol. The first-order valence-corrected chi connectivity index (χ1v) is 6.62. The van der Waals surface area contributed by atoms with Gasteiger partial charge in [-0.05, 0) is 28.0 Å². The van der Waals surface area contributed by atoms with Gasteiger partial charge in [-0.15, -0.1) is 5.10 Å². The van der Waals surface area contributed by atoms with E-state index in [-0.39, 0.29) is 5.91 Å². The van der Waals surface area contributed by atoms with Gasteiger partial charge in [0, 0.05) is 12.8 Å². The number of nitrogens with zero attached hydrogens (tertiary/aromatic N) is 4. The van der Waals surface area contributed by atoms with Crippen LogP contribution in [0.25, 0.3) is 0 Å². The van der Waals surface area contributed by atoms with Gasteiger partial charge in [0.2, 0.25) is 5.91 Å². The summed E-state index contributed by atoms with van der Waals surface area (Å²) in [5, 5.41) is 11.2. The summed E-state index contributed by atoms with van der Waals surface area (Å²) in [6, 6.07) is 8.38. The van der Waals surface area contributed by atoms with Crippen LogP contribution >= 0.6 is 0 Å². The monoisotopic (exact) mass is 258 g/mol. The van der Waals surface area contributed by atoms with E-state index < -0.39 is 0 Å². The van der Waals surface area contributed by atoms with E-state index in [9.17, 15) is 4.79 Å². The molecule has 1 aromatic heterocycles. The summed E-state index contributed by atoms with van der Waals surface area (Å²) in [7, 11) is 0. The van der Waals surface area contributed by atoms with Crippen molar-refractivity contribution in [2.24, 2.45) is 0 Å². The maximum atomic E-state index is 11.6. The number of aromatic nitrogens is 4. The molecular weight excluding hydrogens is 240 g/mol. The average molecular weight is 258 g/mol. The van der Waals surface area contributed by atoms with Crippen molar-refractivity contribution in [2.45, 2.75) is 39.5 Å². The molecule has 0 saturated carbocycles. The topological polar surface area (TPSA) is 60.7 Å². The molecule has 0 bridgehead atoms. The van der Waals surface area contributed by atoms with Crippen molar-refractivity contribution in [1.29, 1.82) is 0 Å². The molecule has 0 saturated heterocycles. The zero-order valence-corrected chi connectivity index (χ0v) is 11.3. The molecule has 100 valence electrons. The molecule has 19 heavy (non-hydrogen) atoms. The summed E-state index contributed by atoms with van der Waals surface area (Å²) in [5.41, 5.74) is 2.44. The number of benzene rings is 1. The Bertz CT molecular complexity index is 545. The third-order valence-corrected chi connectivity index (χ3v) is 3.00. The Balaban J connectivity index is 2.13. The quantitative estimate of drug-likeness (QED) is 0.772. The molecule has 2 aromatic rings. The fraction of sp³-hybridized carbons (Fsp3) is 0.429. The van der Waals surface area contributed by atoms with Crippen LogP contribution in [0.5, 0.6) is 0 Å². The SMILES string of the molecule is CCCc1ccc(Cc2nnnn2C(=O)CC)cc1. The summed E-state index contributed by atoms with van der Waals surface area (Å²) >= 11 is 0. The smallest absolute Gasteiger partial charge is 0.249 e. The van der Waals surface area contributed by atoms with Crippen LogP contribution in [0.3, 0.4) is 0 Å². The highest BCUT2D eigenvalue weighted by atomic mass is 16.2. The van der Waals surface area contributed by atoms with E-state index in [4.69, 9.17) is 0 Å². The lowest BCUT2D eigenvalue weighted by atomic mass is 10.1. The zero-order valence-electron chi connectivity index (χ0n) is 11.3. The first-order chi connectivity index (χ1) is 9.24. The normalized spacial score (nSPS) is 10.6. The van der Waals surface area contributed by atoms with Gasteiger partial charge in [0.25, 0.3) is 0 Å². The van der Waals surface area contributed by atoms with Gasteiger partial charge in [-0.25, -0.2) is 0 Å². The number of aryl methyl sites for hydroxylation is 1. The van der Waals surface area contributed by atoms with Gasteiger partial charge < -0.3 is 0 Å². The van der Waals surface area contributed by atoms with Gasteiger partial charge in [0.05, 0.1) is 0 Å². The minimum Gasteiger partial charge on any atom is -0.272 e. The molecule has 0 unspecified atom stereocenters. The molecule has 5 nitrogen and oxygen atoms in total. The second kappa shape index (κ2) is 6.22. The Morgan fingerprint density at radius 3 is 2.47 bits per heavy atom. The van der Waals surface area contributed by atoms with Crippen molar-refractivity contribution < 1.29 is 4.79 Å². The van der Waals surface area contributed by atoms with Crippen molar-refractivity contribution in [3.8, 4) is 0 Å². The molecule has 0 aliphatic rings. The molecule has 2 rings (SSSR count). The molecule has 0 radical (unpaired) electrons. The van der Waals surface area contributed by atoms with Crippen LogP contribution < -0.4 is 0 Å². The van der Waals surface area contributed by atoms with Gasteiger partial charge in [-0.3, -0.25) is 4.79 Å². The third kappa shape index (κ3) is 3.24. The van der Waals surface area contributed by atoms with E-state index >= 15 is 0 Å². The minimum atomic E-state index is -0.0809. The van der Waals surface area contributed by atoms with E-state index in [1.807, 2.05) is 0 Å². The number of tetrazole rings is 1. The highest BCUT2D eigenvalue weighted by molar-refractivity contribution is 5.77. The molecule has 0 atom stereocenters. The Morgan fingerprint density at radius 1 is 1.16 bits per heavy atom. The van der Waals surface area contributed by atoms with Gasteiger partial charge in [0.1, 0.15) is 0 Å². The predicted octanol–water partition coefficient (Wildman–Crippen LogP) is 2.27. The first kappa shape index (κ1) is 13.4. The van der Waals surface area contributed by atoms with Crippen LogP contribution in [0.15, 0.2) is 24.3 Å². The molecule has 0 spiro atoms. The average Bonchev–Trinajstić information content (AvgIpc) is 2.88. The van der Waals surface area contributed by atoms with E-state index in [1.54, 1.807) is 6.92 Å². The number of carbonyl (C=O) groups is 1. The molecule has 5 heteroatoms. The van der Waals surface area contributed by atoms with Gasteiger partial charge in [0.15, 0.2) is 5.82 Å². The Kier molecular flexibility index (Phi) is 4.39. The summed E-state index contributed by atoms with van der Waals surface area (Å²) < 4.78 is 1.29. The van der Waals surface area contributed by atoms with E-state index in [2.05, 4.69) is 46.7 Å². The maximum absolute atomic E-state index is 11.6. The molecule has 0 N–H and O–H groups in total. The fourth-order valence-electron chi connectivity index (χ4n) is 1.95. The van der Waals surface area contributed by atoms with Crippen LogP contribution in [-0.2, 0) is 12.8 Å². The standard InChI is InChI=1S/C14H18N4O/c1-3-5-11-6-8-12(9-7-11)10-13-15-16-17-18(13)14(19)4-2/h6-9H,3-5,10H2,1-2H3. The van der Waals surface area contributed by atoms with Crippen molar-refractivity contribution in [2.75, 3.05) is 0 Å². The molecular formula is C14H18N4O. The maximum Gasteiger partial charge on any atom is 0.249 e. The molecule has 0 aliphatic carbocycles. The van der Waals surface area contributed by atoms with E-state index in [0.717, 1.165) is 18.4 Å². The summed E-state index contributed by atoms with van der Waals surface area (Å²) in [6.07, 6.45) is 3.20. The van der Waals surface area contributed by atoms with Crippen molar-refractivity contribution >= 4 is 5.91 Å². The first-order valence-electron chi connectivity index (χ1n) is 6.62. The Morgan fingerprint density at radius 2 is 1.84 bits per heavy atom. The molecule has 0 amide bonds. The van der Waals surface area contributed by atoms with Crippen LogP contribution in [0.2, 0.25) is 0 Å². The van der Waals surface area contributed by atoms with E-state index in [0.29, 0.717) is 18.7 Å². The van der Waals surface area contributed by atoms with Crippen LogP contribution in [0.1, 0.15) is 48.4 Å². The summed E-state index contributed by atoms with van der Waals surface area (Å²) in [4.78, 5) is 11.6. The van der Waals surface area contributed by atoms with Crippen LogP contribution in [0.4, 0.5) is 0 Å². The Hall–Kier alpha value is -2.04. The fourth-order valence-corrected chi connectivity index (χ4v) is 1.95. The summed E-state index contributed by atoms with van der Waals surface area (Å²) in [5.74, 6) is 0.512. The van der Waals surface area contributed by atoms with Crippen LogP contribution in [-0.4, -0.2) is 26.1 Å². The number of hydrogen-bond donors (Lipinski definition) is 0. The highest BCUT2D eigenvalue weighted by Gasteiger charge is 2.12. The van der Waals surface area contributed by atoms with Crippen molar-refractivity contribution in [1.82, 2.24) is 20.2 Å². The zero-order chi connectivity index (χ0) is 13.7. The number of rotatable bonds is 5. The van der Waals surface area contributed by atoms with Crippen molar-refractivity contribution in [3.63, 3.8) is 0 Å². The molecule has 0 aliphatic heterocycles. The Labute approximate surface area is 112 Å². The second-order valence-electron chi connectivity index (χ2n) is 4.50. The lowest BCUT2D eigenvalue weighted by Crippen LogP contribution is -2.15. The van der Waals surface area contributed by atoms with E-state index in [1.165, 1.54) is 10.2 Å². The highest BCUT2D eigenvalue weighted by Crippen LogP contribution is 2.10. The van der Waals surface area contributed by atoms with Crippen LogP contribution in [0, 0.1) is 0 Å². The molecule has 1 aromatic carbocycles. The largest absolute Gasteiger partial charge is 0.272 e. The van der Waals surface area contributed by atoms with Crippen molar-refractivity contribution in [3.05, 3.63) is 41.2 Å². The van der Waals surface area contributed by atoms with Gasteiger partial charge in [-0.1, -0.05) is 44.5 Å². The summed E-state index contributed by atoms with van der Waals surface area (Å²) in [6.45, 7) is 3.96. The van der Waals surface area contributed by atoms with Gasteiger partial charge >= 0.3 is 0 Å². The molecule has 0 fully saturated rings. The third-order valence-electron chi connectivity index (χ3n) is 3.00. The lowest BCUT2D eigenvalue weighted by Gasteiger charge is -2.03. The number of carbonyl (C=O) groups excluding carboxylic acids is 1.